The number of hydrogen-bond donors (Lipinski definition) is 1. The first-order valence-electron chi connectivity index (χ1n) is 10.6. The molecule has 160 valence electrons. The number of fused-ring (bicyclic) bond motifs is 2. The number of allylic oxidation sites excluding steroid dienone is 1. The van der Waals surface area contributed by atoms with Crippen molar-refractivity contribution in [2.24, 2.45) is 5.92 Å². The summed E-state index contributed by atoms with van der Waals surface area (Å²) in [6, 6.07) is 11.2. The Bertz CT molecular complexity index is 1130. The Morgan fingerprint density at radius 1 is 1.19 bits per heavy atom. The first-order valence-corrected chi connectivity index (χ1v) is 10.6. The number of carbonyl (C=O) groups is 2. The highest BCUT2D eigenvalue weighted by atomic mass is 16.5. The van der Waals surface area contributed by atoms with Crippen molar-refractivity contribution in [3.8, 4) is 0 Å². The van der Waals surface area contributed by atoms with E-state index < -0.39 is 5.97 Å². The summed E-state index contributed by atoms with van der Waals surface area (Å²) in [6.45, 7) is 4.46. The van der Waals surface area contributed by atoms with E-state index >= 15 is 0 Å². The standard InChI is InChI=1S/C25H26N2O4/c1-16(2)11-12-26-22(28)15-31-25(29)23-19-7-3-4-8-21(19)27-24-17(9-10-20(23)24)14-18-6-5-13-30-18/h3-8,13-14,16H,9-12,15H2,1-2H3,(H,26,28). The van der Waals surface area contributed by atoms with Crippen molar-refractivity contribution < 1.29 is 18.7 Å². The van der Waals surface area contributed by atoms with E-state index in [0.717, 1.165) is 46.3 Å². The third-order valence-corrected chi connectivity index (χ3v) is 5.38. The first kappa shape index (κ1) is 20.8. The predicted molar refractivity (Wildman–Crippen MR) is 119 cm³/mol. The molecule has 3 aromatic rings. The number of esters is 1. The molecule has 0 bridgehead atoms. The Labute approximate surface area is 181 Å². The third kappa shape index (κ3) is 4.68. The molecule has 2 aromatic heterocycles. The lowest BCUT2D eigenvalue weighted by molar-refractivity contribution is -0.124. The largest absolute Gasteiger partial charge is 0.465 e. The second-order valence-corrected chi connectivity index (χ2v) is 8.12. The van der Waals surface area contributed by atoms with Crippen LogP contribution in [0.25, 0.3) is 22.6 Å². The number of hydrogen-bond acceptors (Lipinski definition) is 5. The van der Waals surface area contributed by atoms with Crippen LogP contribution in [-0.2, 0) is 16.0 Å². The van der Waals surface area contributed by atoms with Crippen molar-refractivity contribution >= 4 is 34.4 Å². The molecule has 1 amide bonds. The summed E-state index contributed by atoms with van der Waals surface area (Å²) in [7, 11) is 0. The van der Waals surface area contributed by atoms with Gasteiger partial charge in [0.05, 0.1) is 23.0 Å². The quantitative estimate of drug-likeness (QED) is 0.566. The highest BCUT2D eigenvalue weighted by molar-refractivity contribution is 6.07. The molecule has 0 spiro atoms. The zero-order valence-corrected chi connectivity index (χ0v) is 17.8. The van der Waals surface area contributed by atoms with Gasteiger partial charge >= 0.3 is 5.97 Å². The minimum Gasteiger partial charge on any atom is -0.465 e. The molecule has 0 saturated heterocycles. The van der Waals surface area contributed by atoms with Crippen molar-refractivity contribution in [2.75, 3.05) is 13.2 Å². The SMILES string of the molecule is CC(C)CCNC(=O)COC(=O)c1c2c(nc3ccccc13)C(=Cc1ccco1)CC2. The Morgan fingerprint density at radius 3 is 2.81 bits per heavy atom. The average Bonchev–Trinajstić information content (AvgIpc) is 3.40. The lowest BCUT2D eigenvalue weighted by Gasteiger charge is -2.12. The number of nitrogens with zero attached hydrogens (tertiary/aromatic N) is 1. The summed E-state index contributed by atoms with van der Waals surface area (Å²) in [5.74, 6) is 0.465. The van der Waals surface area contributed by atoms with E-state index in [-0.39, 0.29) is 12.5 Å². The maximum Gasteiger partial charge on any atom is 0.339 e. The molecule has 0 saturated carbocycles. The van der Waals surface area contributed by atoms with Gasteiger partial charge in [0.2, 0.25) is 0 Å². The van der Waals surface area contributed by atoms with Crippen molar-refractivity contribution in [3.63, 3.8) is 0 Å². The molecule has 0 radical (unpaired) electrons. The van der Waals surface area contributed by atoms with Crippen LogP contribution in [0.2, 0.25) is 0 Å². The van der Waals surface area contributed by atoms with Crippen LogP contribution in [0.4, 0.5) is 0 Å². The zero-order valence-electron chi connectivity index (χ0n) is 17.8. The summed E-state index contributed by atoms with van der Waals surface area (Å²) >= 11 is 0. The molecule has 6 nitrogen and oxygen atoms in total. The van der Waals surface area contributed by atoms with E-state index in [1.807, 2.05) is 42.5 Å². The van der Waals surface area contributed by atoms with E-state index in [2.05, 4.69) is 19.2 Å². The molecule has 4 rings (SSSR count). The number of pyridine rings is 1. The number of ether oxygens (including phenoxy) is 1. The van der Waals surface area contributed by atoms with Gasteiger partial charge in [-0.3, -0.25) is 4.79 Å². The van der Waals surface area contributed by atoms with Crippen LogP contribution in [-0.4, -0.2) is 30.0 Å². The molecule has 6 heteroatoms. The van der Waals surface area contributed by atoms with Gasteiger partial charge in [-0.25, -0.2) is 9.78 Å². The van der Waals surface area contributed by atoms with Crippen LogP contribution >= 0.6 is 0 Å². The summed E-state index contributed by atoms with van der Waals surface area (Å²) in [5.41, 5.74) is 3.90. The monoisotopic (exact) mass is 418 g/mol. The Hall–Kier alpha value is -3.41. The summed E-state index contributed by atoms with van der Waals surface area (Å²) in [6.07, 6.45) is 5.92. The van der Waals surface area contributed by atoms with Crippen LogP contribution in [0.1, 0.15) is 54.1 Å². The number of amides is 1. The number of carbonyl (C=O) groups excluding carboxylic acids is 2. The lowest BCUT2D eigenvalue weighted by atomic mass is 10.0. The number of rotatable bonds is 7. The van der Waals surface area contributed by atoms with Crippen molar-refractivity contribution in [3.05, 3.63) is 65.2 Å². The molecule has 0 atom stereocenters. The molecule has 0 unspecified atom stereocenters. The van der Waals surface area contributed by atoms with Gasteiger partial charge in [-0.2, -0.15) is 0 Å². The van der Waals surface area contributed by atoms with Crippen molar-refractivity contribution in [1.29, 1.82) is 0 Å². The van der Waals surface area contributed by atoms with Crippen LogP contribution in [0.5, 0.6) is 0 Å². The number of furan rings is 1. The Morgan fingerprint density at radius 2 is 2.03 bits per heavy atom. The fraction of sp³-hybridized carbons (Fsp3) is 0.320. The highest BCUT2D eigenvalue weighted by Crippen LogP contribution is 2.37. The van der Waals surface area contributed by atoms with Gasteiger partial charge < -0.3 is 14.5 Å². The fourth-order valence-electron chi connectivity index (χ4n) is 3.81. The molecule has 0 aliphatic heterocycles. The van der Waals surface area contributed by atoms with Crippen LogP contribution in [0.3, 0.4) is 0 Å². The molecule has 31 heavy (non-hydrogen) atoms. The van der Waals surface area contributed by atoms with E-state index in [4.69, 9.17) is 14.1 Å². The Kier molecular flexibility index (Phi) is 6.16. The van der Waals surface area contributed by atoms with Crippen LogP contribution < -0.4 is 5.32 Å². The summed E-state index contributed by atoms with van der Waals surface area (Å²) < 4.78 is 10.9. The third-order valence-electron chi connectivity index (χ3n) is 5.38. The predicted octanol–water partition coefficient (Wildman–Crippen LogP) is 4.63. The molecule has 1 aliphatic rings. The van der Waals surface area contributed by atoms with Gasteiger partial charge in [0.1, 0.15) is 5.76 Å². The summed E-state index contributed by atoms with van der Waals surface area (Å²) in [5, 5.41) is 3.54. The number of benzene rings is 1. The minimum atomic E-state index is -0.492. The second-order valence-electron chi connectivity index (χ2n) is 8.12. The van der Waals surface area contributed by atoms with E-state index in [9.17, 15) is 9.59 Å². The van der Waals surface area contributed by atoms with Crippen molar-refractivity contribution in [2.45, 2.75) is 33.1 Å². The van der Waals surface area contributed by atoms with Gasteiger partial charge in [0.25, 0.3) is 5.91 Å². The minimum absolute atomic E-state index is 0.289. The van der Waals surface area contributed by atoms with Crippen LogP contribution in [0, 0.1) is 5.92 Å². The van der Waals surface area contributed by atoms with Gasteiger partial charge in [-0.1, -0.05) is 32.0 Å². The maximum atomic E-state index is 13.1. The molecular formula is C25H26N2O4. The molecule has 0 fully saturated rings. The molecule has 1 aliphatic carbocycles. The summed E-state index contributed by atoms with van der Waals surface area (Å²) in [4.78, 5) is 29.9. The number of aromatic nitrogens is 1. The first-order chi connectivity index (χ1) is 15.0. The second kappa shape index (κ2) is 9.16. The average molecular weight is 418 g/mol. The lowest BCUT2D eigenvalue weighted by Crippen LogP contribution is -2.30. The molecular weight excluding hydrogens is 392 g/mol. The molecule has 1 aromatic carbocycles. The van der Waals surface area contributed by atoms with Gasteiger partial charge in [0.15, 0.2) is 6.61 Å². The fourth-order valence-corrected chi connectivity index (χ4v) is 3.81. The normalized spacial score (nSPS) is 14.2. The number of nitrogens with one attached hydrogen (secondary N) is 1. The topological polar surface area (TPSA) is 81.4 Å². The van der Waals surface area contributed by atoms with Crippen LogP contribution in [0.15, 0.2) is 47.1 Å². The van der Waals surface area contributed by atoms with Gasteiger partial charge in [0, 0.05) is 11.9 Å². The zero-order chi connectivity index (χ0) is 21.8. The van der Waals surface area contributed by atoms with Crippen molar-refractivity contribution in [1.82, 2.24) is 10.3 Å². The molecule has 1 N–H and O–H groups in total. The van der Waals surface area contributed by atoms with E-state index in [1.54, 1.807) is 6.26 Å². The number of para-hydroxylation sites is 1. The maximum absolute atomic E-state index is 13.1. The van der Waals surface area contributed by atoms with E-state index in [0.29, 0.717) is 24.4 Å². The van der Waals surface area contributed by atoms with Gasteiger partial charge in [-0.15, -0.1) is 0 Å². The van der Waals surface area contributed by atoms with E-state index in [1.165, 1.54) is 0 Å². The van der Waals surface area contributed by atoms with Gasteiger partial charge in [-0.05, 0) is 60.6 Å². The highest BCUT2D eigenvalue weighted by Gasteiger charge is 2.28. The smallest absolute Gasteiger partial charge is 0.339 e. The molecule has 2 heterocycles. The Balaban J connectivity index is 1.60.